The molecule has 1 atom stereocenters. The molecule has 0 saturated heterocycles. The molecule has 1 amide bonds. The number of ketones is 1. The summed E-state index contributed by atoms with van der Waals surface area (Å²) in [6.07, 6.45) is 0.534. The third-order valence-electron chi connectivity index (χ3n) is 5.43. The molecule has 0 saturated carbocycles. The van der Waals surface area contributed by atoms with E-state index < -0.39 is 23.5 Å². The van der Waals surface area contributed by atoms with Crippen LogP contribution in [-0.2, 0) is 9.53 Å². The Morgan fingerprint density at radius 3 is 2.72 bits per heavy atom. The van der Waals surface area contributed by atoms with Gasteiger partial charge in [-0.1, -0.05) is 29.8 Å². The fourth-order valence-corrected chi connectivity index (χ4v) is 4.15. The molecule has 1 aliphatic rings. The van der Waals surface area contributed by atoms with Gasteiger partial charge in [-0.15, -0.1) is 0 Å². The highest BCUT2D eigenvalue weighted by Crippen LogP contribution is 2.42. The summed E-state index contributed by atoms with van der Waals surface area (Å²) in [7, 11) is 3.08. The Balaban J connectivity index is 1.80. The van der Waals surface area contributed by atoms with Crippen molar-refractivity contribution in [3.8, 4) is 5.75 Å². The fourth-order valence-electron chi connectivity index (χ4n) is 3.97. The lowest BCUT2D eigenvalue weighted by atomic mass is 9.94. The number of hydrogen-bond donors (Lipinski definition) is 1. The van der Waals surface area contributed by atoms with Gasteiger partial charge in [-0.3, -0.25) is 9.59 Å². The van der Waals surface area contributed by atoms with Crippen molar-refractivity contribution < 1.29 is 28.6 Å². The van der Waals surface area contributed by atoms with Crippen molar-refractivity contribution in [2.24, 2.45) is 0 Å². The normalized spacial score (nSPS) is 16.3. The zero-order valence-electron chi connectivity index (χ0n) is 17.6. The quantitative estimate of drug-likeness (QED) is 0.391. The van der Waals surface area contributed by atoms with Crippen molar-refractivity contribution in [3.05, 3.63) is 76.2 Å². The van der Waals surface area contributed by atoms with Crippen LogP contribution in [0.4, 0.5) is 0 Å². The lowest BCUT2D eigenvalue weighted by Crippen LogP contribution is -2.32. The highest BCUT2D eigenvalue weighted by molar-refractivity contribution is 6.31. The maximum Gasteiger partial charge on any atom is 0.290 e. The first kappa shape index (κ1) is 21.9. The van der Waals surface area contributed by atoms with E-state index >= 15 is 0 Å². The number of aliphatic hydroxyl groups is 1. The average Bonchev–Trinajstić information content (AvgIpc) is 3.32. The number of rotatable bonds is 8. The number of hydrogen-bond acceptors (Lipinski definition) is 6. The zero-order valence-corrected chi connectivity index (χ0v) is 18.4. The van der Waals surface area contributed by atoms with Gasteiger partial charge in [0.25, 0.3) is 5.91 Å². The third kappa shape index (κ3) is 3.85. The molecule has 4 rings (SSSR count). The molecule has 166 valence electrons. The van der Waals surface area contributed by atoms with Crippen LogP contribution in [0.25, 0.3) is 11.0 Å². The van der Waals surface area contributed by atoms with Crippen molar-refractivity contribution >= 4 is 34.3 Å². The summed E-state index contributed by atoms with van der Waals surface area (Å²) in [6, 6.07) is 12.8. The summed E-state index contributed by atoms with van der Waals surface area (Å²) in [5.41, 5.74) is 1.02. The van der Waals surface area contributed by atoms with E-state index in [1.54, 1.807) is 55.6 Å². The fraction of sp³-hybridized carbons (Fsp3) is 0.250. The SMILES string of the molecule is COCCCN1C(=O)C(O)=C(C(=O)c2cc3cc(Cl)ccc3o2)C1c1ccccc1OC. The predicted molar refractivity (Wildman–Crippen MR) is 119 cm³/mol. The molecule has 0 spiro atoms. The summed E-state index contributed by atoms with van der Waals surface area (Å²) in [6.45, 7) is 0.711. The van der Waals surface area contributed by atoms with Crippen LogP contribution in [0.2, 0.25) is 5.02 Å². The van der Waals surface area contributed by atoms with Crippen LogP contribution in [0.15, 0.2) is 64.3 Å². The maximum absolute atomic E-state index is 13.5. The number of para-hydroxylation sites is 1. The topological polar surface area (TPSA) is 89.2 Å². The number of fused-ring (bicyclic) bond motifs is 1. The minimum absolute atomic E-state index is 0.00950. The van der Waals surface area contributed by atoms with Crippen LogP contribution in [0.5, 0.6) is 5.75 Å². The molecule has 1 aromatic heterocycles. The Hall–Kier alpha value is -3.29. The standard InChI is InChI=1S/C24H22ClNO6/c1-30-11-5-10-26-21(16-6-3-4-7-18(16)31-2)20(23(28)24(26)29)22(27)19-13-14-12-15(25)8-9-17(14)32-19/h3-4,6-9,12-13,21,28H,5,10-11H2,1-2H3. The minimum atomic E-state index is -0.834. The highest BCUT2D eigenvalue weighted by Gasteiger charge is 2.45. The van der Waals surface area contributed by atoms with Crippen molar-refractivity contribution in [2.45, 2.75) is 12.5 Å². The first-order valence-electron chi connectivity index (χ1n) is 10.1. The Morgan fingerprint density at radius 1 is 1.19 bits per heavy atom. The van der Waals surface area contributed by atoms with Crippen LogP contribution in [0, 0.1) is 0 Å². The second-order valence-corrected chi connectivity index (χ2v) is 7.81. The molecule has 2 heterocycles. The van der Waals surface area contributed by atoms with Gasteiger partial charge in [0.2, 0.25) is 5.78 Å². The highest BCUT2D eigenvalue weighted by atomic mass is 35.5. The van der Waals surface area contributed by atoms with Gasteiger partial charge in [-0.25, -0.2) is 0 Å². The molecule has 8 heteroatoms. The molecule has 1 aliphatic heterocycles. The van der Waals surface area contributed by atoms with E-state index in [4.69, 9.17) is 25.5 Å². The Kier molecular flexibility index (Phi) is 6.21. The number of aliphatic hydroxyl groups excluding tert-OH is 1. The van der Waals surface area contributed by atoms with E-state index in [-0.39, 0.29) is 17.9 Å². The van der Waals surface area contributed by atoms with Gasteiger partial charge in [-0.05, 0) is 36.8 Å². The number of amides is 1. The van der Waals surface area contributed by atoms with Crippen LogP contribution < -0.4 is 4.74 Å². The first-order valence-corrected chi connectivity index (χ1v) is 10.4. The Labute approximate surface area is 189 Å². The Bertz CT molecular complexity index is 1210. The molecule has 3 aromatic rings. The van der Waals surface area contributed by atoms with E-state index in [1.165, 1.54) is 12.0 Å². The van der Waals surface area contributed by atoms with E-state index in [9.17, 15) is 14.7 Å². The lowest BCUT2D eigenvalue weighted by molar-refractivity contribution is -0.129. The van der Waals surface area contributed by atoms with Crippen molar-refractivity contribution in [1.29, 1.82) is 0 Å². The first-order chi connectivity index (χ1) is 15.5. The maximum atomic E-state index is 13.5. The monoisotopic (exact) mass is 455 g/mol. The van der Waals surface area contributed by atoms with E-state index in [1.807, 2.05) is 0 Å². The summed E-state index contributed by atoms with van der Waals surface area (Å²) in [5, 5.41) is 11.9. The predicted octanol–water partition coefficient (Wildman–Crippen LogP) is 4.71. The number of halogens is 1. The zero-order chi connectivity index (χ0) is 22.8. The van der Waals surface area contributed by atoms with E-state index in [0.717, 1.165) is 0 Å². The van der Waals surface area contributed by atoms with Gasteiger partial charge in [0, 0.05) is 36.2 Å². The van der Waals surface area contributed by atoms with Crippen molar-refractivity contribution in [1.82, 2.24) is 4.90 Å². The average molecular weight is 456 g/mol. The molecule has 7 nitrogen and oxygen atoms in total. The number of ether oxygens (including phenoxy) is 2. The van der Waals surface area contributed by atoms with Gasteiger partial charge < -0.3 is 23.9 Å². The molecule has 2 aromatic carbocycles. The van der Waals surface area contributed by atoms with Crippen LogP contribution in [-0.4, -0.2) is 49.1 Å². The molecule has 0 bridgehead atoms. The largest absolute Gasteiger partial charge is 0.503 e. The third-order valence-corrected chi connectivity index (χ3v) is 5.67. The van der Waals surface area contributed by atoms with E-state index in [0.29, 0.717) is 40.3 Å². The molecule has 0 radical (unpaired) electrons. The molecule has 1 unspecified atom stereocenters. The Morgan fingerprint density at radius 2 is 1.97 bits per heavy atom. The minimum Gasteiger partial charge on any atom is -0.503 e. The summed E-state index contributed by atoms with van der Waals surface area (Å²) in [5.74, 6) is -1.29. The molecular formula is C24H22ClNO6. The smallest absolute Gasteiger partial charge is 0.290 e. The van der Waals surface area contributed by atoms with Crippen molar-refractivity contribution in [3.63, 3.8) is 0 Å². The lowest BCUT2D eigenvalue weighted by Gasteiger charge is -2.27. The number of benzene rings is 2. The van der Waals surface area contributed by atoms with Gasteiger partial charge in [0.15, 0.2) is 11.5 Å². The summed E-state index contributed by atoms with van der Waals surface area (Å²) >= 11 is 6.04. The van der Waals surface area contributed by atoms with Crippen LogP contribution in [0.3, 0.4) is 0 Å². The van der Waals surface area contributed by atoms with Gasteiger partial charge in [0.05, 0.1) is 18.7 Å². The van der Waals surface area contributed by atoms with Gasteiger partial charge in [-0.2, -0.15) is 0 Å². The summed E-state index contributed by atoms with van der Waals surface area (Å²) < 4.78 is 16.3. The molecular weight excluding hydrogens is 434 g/mol. The van der Waals surface area contributed by atoms with E-state index in [2.05, 4.69) is 0 Å². The number of carbonyl (C=O) groups excluding carboxylic acids is 2. The number of carbonyl (C=O) groups is 2. The second-order valence-electron chi connectivity index (χ2n) is 7.37. The molecule has 1 N–H and O–H groups in total. The number of nitrogens with zero attached hydrogens (tertiary/aromatic N) is 1. The van der Waals surface area contributed by atoms with Gasteiger partial charge >= 0.3 is 0 Å². The van der Waals surface area contributed by atoms with Crippen molar-refractivity contribution in [2.75, 3.05) is 27.4 Å². The van der Waals surface area contributed by atoms with Gasteiger partial charge in [0.1, 0.15) is 11.3 Å². The number of methoxy groups -OCH3 is 2. The summed E-state index contributed by atoms with van der Waals surface area (Å²) in [4.78, 5) is 28.0. The number of Topliss-reactive ketones (excluding diaryl/α,β-unsaturated/α-hetero) is 1. The molecule has 32 heavy (non-hydrogen) atoms. The number of furan rings is 1. The molecule has 0 aliphatic carbocycles. The second kappa shape index (κ2) is 9.06. The van der Waals surface area contributed by atoms with Crippen LogP contribution in [0.1, 0.15) is 28.6 Å². The van der Waals surface area contributed by atoms with Crippen LogP contribution >= 0.6 is 11.6 Å². The molecule has 0 fully saturated rings.